The Morgan fingerprint density at radius 3 is 1.61 bits per heavy atom. The molecule has 1 amide bonds. The molecule has 0 saturated carbocycles. The number of methoxy groups -OCH3 is 2. The summed E-state index contributed by atoms with van der Waals surface area (Å²) in [5.41, 5.74) is 4.68. The molecule has 0 aliphatic rings. The number of aromatic nitrogens is 2. The van der Waals surface area contributed by atoms with Crippen LogP contribution in [-0.4, -0.2) is 42.0 Å². The first-order valence-electron chi connectivity index (χ1n) is 14.8. The zero-order chi connectivity index (χ0) is 35.5. The SMILES string of the molecule is COC(=O)c1cc(Cl)cnc1Cc1ccc(F)cc1.COC(=O)c1ccc([C@H](C)NC(=O)c2cc(Cl)cnc2Cc2ccc(F)cc2)cc1. The van der Waals surface area contributed by atoms with Crippen LogP contribution in [0.5, 0.6) is 0 Å². The van der Waals surface area contributed by atoms with Crippen molar-refractivity contribution >= 4 is 41.0 Å². The number of carbonyl (C=O) groups is 3. The average molecular weight is 707 g/mol. The highest BCUT2D eigenvalue weighted by atomic mass is 35.5. The van der Waals surface area contributed by atoms with Crippen molar-refractivity contribution in [3.05, 3.63) is 164 Å². The Morgan fingerprint density at radius 2 is 1.14 bits per heavy atom. The van der Waals surface area contributed by atoms with Crippen molar-refractivity contribution in [3.8, 4) is 0 Å². The van der Waals surface area contributed by atoms with E-state index >= 15 is 0 Å². The van der Waals surface area contributed by atoms with Crippen molar-refractivity contribution in [2.45, 2.75) is 25.8 Å². The number of pyridine rings is 2. The van der Waals surface area contributed by atoms with Crippen LogP contribution in [0, 0.1) is 11.6 Å². The van der Waals surface area contributed by atoms with Gasteiger partial charge < -0.3 is 14.8 Å². The topological polar surface area (TPSA) is 107 Å². The minimum atomic E-state index is -0.493. The molecule has 49 heavy (non-hydrogen) atoms. The molecule has 0 aliphatic heterocycles. The van der Waals surface area contributed by atoms with Gasteiger partial charge in [-0.05, 0) is 72.1 Å². The lowest BCUT2D eigenvalue weighted by Gasteiger charge is -2.16. The van der Waals surface area contributed by atoms with Crippen LogP contribution in [0.15, 0.2) is 97.3 Å². The maximum Gasteiger partial charge on any atom is 0.339 e. The summed E-state index contributed by atoms with van der Waals surface area (Å²) in [6.45, 7) is 1.84. The van der Waals surface area contributed by atoms with Gasteiger partial charge in [0.2, 0.25) is 0 Å². The lowest BCUT2D eigenvalue weighted by Crippen LogP contribution is -2.28. The maximum atomic E-state index is 13.2. The predicted molar refractivity (Wildman–Crippen MR) is 182 cm³/mol. The van der Waals surface area contributed by atoms with Crippen molar-refractivity contribution < 1.29 is 32.6 Å². The van der Waals surface area contributed by atoms with Crippen LogP contribution in [0.4, 0.5) is 8.78 Å². The van der Waals surface area contributed by atoms with Gasteiger partial charge in [0.05, 0.1) is 58.4 Å². The smallest absolute Gasteiger partial charge is 0.339 e. The number of hydrogen-bond acceptors (Lipinski definition) is 7. The second kappa shape index (κ2) is 17.3. The van der Waals surface area contributed by atoms with Crippen LogP contribution in [-0.2, 0) is 22.3 Å². The molecular formula is C37H31Cl2F2N3O5. The van der Waals surface area contributed by atoms with Gasteiger partial charge >= 0.3 is 11.9 Å². The van der Waals surface area contributed by atoms with Gasteiger partial charge in [0.1, 0.15) is 11.6 Å². The molecule has 3 aromatic carbocycles. The van der Waals surface area contributed by atoms with Crippen LogP contribution in [0.3, 0.4) is 0 Å². The number of nitrogens with one attached hydrogen (secondary N) is 1. The van der Waals surface area contributed by atoms with Crippen LogP contribution < -0.4 is 5.32 Å². The minimum absolute atomic E-state index is 0.305. The average Bonchev–Trinajstić information content (AvgIpc) is 3.11. The number of halogens is 4. The molecule has 5 aromatic rings. The van der Waals surface area contributed by atoms with E-state index in [4.69, 9.17) is 27.9 Å². The highest BCUT2D eigenvalue weighted by Crippen LogP contribution is 2.21. The van der Waals surface area contributed by atoms with E-state index in [0.717, 1.165) is 16.7 Å². The fraction of sp³-hybridized carbons (Fsp3) is 0.162. The van der Waals surface area contributed by atoms with Gasteiger partial charge in [-0.25, -0.2) is 18.4 Å². The molecule has 12 heteroatoms. The standard InChI is InChI=1S/C23H20ClFN2O3.C14H11ClFNO2/c1-14(16-5-7-17(8-6-16)23(29)30-2)27-22(28)20-12-18(24)13-26-21(20)11-15-3-9-19(25)10-4-15;1-19-14(18)12-7-10(15)8-17-13(12)6-9-2-4-11(16)5-3-9/h3-10,12-14H,11H2,1-2H3,(H,27,28);2-5,7-8H,6H2,1H3/t14-;/m0./s1. The molecule has 0 bridgehead atoms. The third-order valence-electron chi connectivity index (χ3n) is 7.27. The third kappa shape index (κ3) is 10.4. The van der Waals surface area contributed by atoms with Crippen molar-refractivity contribution in [1.29, 1.82) is 0 Å². The van der Waals surface area contributed by atoms with Gasteiger partial charge in [0.15, 0.2) is 0 Å². The first kappa shape index (κ1) is 36.6. The van der Waals surface area contributed by atoms with Crippen LogP contribution in [0.25, 0.3) is 0 Å². The first-order chi connectivity index (χ1) is 23.5. The third-order valence-corrected chi connectivity index (χ3v) is 7.69. The number of ether oxygens (including phenoxy) is 2. The van der Waals surface area contributed by atoms with Crippen molar-refractivity contribution in [2.75, 3.05) is 14.2 Å². The van der Waals surface area contributed by atoms with E-state index < -0.39 is 11.9 Å². The van der Waals surface area contributed by atoms with Gasteiger partial charge in [0, 0.05) is 25.2 Å². The maximum absolute atomic E-state index is 13.2. The highest BCUT2D eigenvalue weighted by molar-refractivity contribution is 6.31. The number of amides is 1. The number of rotatable bonds is 9. The lowest BCUT2D eigenvalue weighted by molar-refractivity contribution is 0.0591. The molecule has 0 aliphatic carbocycles. The molecule has 8 nitrogen and oxygen atoms in total. The van der Waals surface area contributed by atoms with Crippen molar-refractivity contribution in [2.24, 2.45) is 0 Å². The largest absolute Gasteiger partial charge is 0.465 e. The number of hydrogen-bond donors (Lipinski definition) is 1. The second-order valence-corrected chi connectivity index (χ2v) is 11.6. The number of benzene rings is 3. The summed E-state index contributed by atoms with van der Waals surface area (Å²) in [7, 11) is 2.62. The number of esters is 2. The zero-order valence-electron chi connectivity index (χ0n) is 26.7. The molecule has 2 aromatic heterocycles. The summed E-state index contributed by atoms with van der Waals surface area (Å²) in [6.07, 6.45) is 3.71. The molecule has 252 valence electrons. The summed E-state index contributed by atoms with van der Waals surface area (Å²) in [5, 5.41) is 3.63. The molecule has 0 fully saturated rings. The monoisotopic (exact) mass is 705 g/mol. The molecule has 0 spiro atoms. The van der Waals surface area contributed by atoms with E-state index in [1.807, 2.05) is 6.92 Å². The van der Waals surface area contributed by atoms with Gasteiger partial charge in [-0.2, -0.15) is 0 Å². The van der Waals surface area contributed by atoms with E-state index in [9.17, 15) is 23.2 Å². The quantitative estimate of drug-likeness (QED) is 0.155. The fourth-order valence-corrected chi connectivity index (χ4v) is 4.99. The van der Waals surface area contributed by atoms with E-state index in [1.165, 1.54) is 56.9 Å². The molecule has 0 radical (unpaired) electrons. The van der Waals surface area contributed by atoms with Gasteiger partial charge in [0.25, 0.3) is 5.91 Å². The summed E-state index contributed by atoms with van der Waals surface area (Å²) in [6, 6.07) is 21.6. The molecule has 2 heterocycles. The molecule has 0 saturated heterocycles. The van der Waals surface area contributed by atoms with E-state index in [-0.39, 0.29) is 23.6 Å². The molecule has 0 unspecified atom stereocenters. The Hall–Kier alpha value is -5.19. The van der Waals surface area contributed by atoms with Crippen molar-refractivity contribution in [3.63, 3.8) is 0 Å². The number of nitrogens with zero attached hydrogens (tertiary/aromatic N) is 2. The second-order valence-electron chi connectivity index (χ2n) is 10.7. The summed E-state index contributed by atoms with van der Waals surface area (Å²) >= 11 is 11.9. The van der Waals surface area contributed by atoms with Crippen LogP contribution in [0.1, 0.15) is 72.1 Å². The van der Waals surface area contributed by atoms with Crippen LogP contribution >= 0.6 is 23.2 Å². The minimum Gasteiger partial charge on any atom is -0.465 e. The Bertz CT molecular complexity index is 1920. The van der Waals surface area contributed by atoms with Gasteiger partial charge in [-0.15, -0.1) is 0 Å². The Morgan fingerprint density at radius 1 is 0.694 bits per heavy atom. The Balaban J connectivity index is 0.000000244. The van der Waals surface area contributed by atoms with E-state index in [1.54, 1.807) is 54.6 Å². The molecular weight excluding hydrogens is 675 g/mol. The Labute approximate surface area is 292 Å². The number of carbonyl (C=O) groups excluding carboxylic acids is 3. The van der Waals surface area contributed by atoms with E-state index in [0.29, 0.717) is 51.0 Å². The van der Waals surface area contributed by atoms with Gasteiger partial charge in [-0.1, -0.05) is 59.6 Å². The first-order valence-corrected chi connectivity index (χ1v) is 15.6. The van der Waals surface area contributed by atoms with Crippen LogP contribution in [0.2, 0.25) is 10.0 Å². The lowest BCUT2D eigenvalue weighted by atomic mass is 10.0. The predicted octanol–water partition coefficient (Wildman–Crippen LogP) is 7.99. The fourth-order valence-electron chi connectivity index (χ4n) is 4.67. The molecule has 1 atom stereocenters. The molecule has 5 rings (SSSR count). The summed E-state index contributed by atoms with van der Waals surface area (Å²) < 4.78 is 35.4. The summed E-state index contributed by atoms with van der Waals surface area (Å²) in [4.78, 5) is 44.6. The van der Waals surface area contributed by atoms with E-state index in [2.05, 4.69) is 20.0 Å². The van der Waals surface area contributed by atoms with Gasteiger partial charge in [-0.3, -0.25) is 14.8 Å². The Kier molecular flexibility index (Phi) is 12.9. The van der Waals surface area contributed by atoms with Crippen molar-refractivity contribution in [1.82, 2.24) is 15.3 Å². The molecule has 1 N–H and O–H groups in total. The highest BCUT2D eigenvalue weighted by Gasteiger charge is 2.18. The summed E-state index contributed by atoms with van der Waals surface area (Å²) in [5.74, 6) is -1.87. The normalized spacial score (nSPS) is 11.1. The zero-order valence-corrected chi connectivity index (χ0v) is 28.2.